The van der Waals surface area contributed by atoms with E-state index >= 15 is 0 Å². The van der Waals surface area contributed by atoms with E-state index < -0.39 is 11.6 Å². The minimum absolute atomic E-state index is 0.123. The molecule has 19 heavy (non-hydrogen) atoms. The fourth-order valence-corrected chi connectivity index (χ4v) is 1.59. The van der Waals surface area contributed by atoms with Crippen molar-refractivity contribution in [2.75, 3.05) is 19.0 Å². The molecule has 0 atom stereocenters. The Morgan fingerprint density at radius 1 is 1.00 bits per heavy atom. The van der Waals surface area contributed by atoms with Gasteiger partial charge >= 0.3 is 0 Å². The highest BCUT2D eigenvalue weighted by molar-refractivity contribution is 5.82. The number of rotatable bonds is 3. The molecular formula is C15H14F2N2. The van der Waals surface area contributed by atoms with E-state index in [4.69, 9.17) is 0 Å². The van der Waals surface area contributed by atoms with Crippen LogP contribution in [-0.2, 0) is 0 Å². The summed E-state index contributed by atoms with van der Waals surface area (Å²) in [6.07, 6.45) is 1.55. The Kier molecular flexibility index (Phi) is 3.90. The van der Waals surface area contributed by atoms with Crippen molar-refractivity contribution >= 4 is 17.6 Å². The normalized spacial score (nSPS) is 10.9. The summed E-state index contributed by atoms with van der Waals surface area (Å²) in [5.41, 5.74) is 2.05. The van der Waals surface area contributed by atoms with E-state index in [0.717, 1.165) is 17.3 Å². The summed E-state index contributed by atoms with van der Waals surface area (Å²) in [5, 5.41) is 0. The molecule has 0 aliphatic heterocycles. The smallest absolute Gasteiger partial charge is 0.151 e. The lowest BCUT2D eigenvalue weighted by atomic mass is 10.2. The van der Waals surface area contributed by atoms with Gasteiger partial charge in [-0.15, -0.1) is 0 Å². The van der Waals surface area contributed by atoms with Crippen molar-refractivity contribution in [1.29, 1.82) is 0 Å². The lowest BCUT2D eigenvalue weighted by Gasteiger charge is -2.11. The highest BCUT2D eigenvalue weighted by Gasteiger charge is 2.01. The Balaban J connectivity index is 2.18. The van der Waals surface area contributed by atoms with Gasteiger partial charge in [-0.3, -0.25) is 4.99 Å². The molecule has 4 heteroatoms. The average molecular weight is 260 g/mol. The Hall–Kier alpha value is -2.23. The molecule has 0 spiro atoms. The Labute approximate surface area is 111 Å². The number of aliphatic imine (C=N–C) groups is 1. The summed E-state index contributed by atoms with van der Waals surface area (Å²) in [6, 6.07) is 11.0. The van der Waals surface area contributed by atoms with Crippen LogP contribution in [-0.4, -0.2) is 20.3 Å². The monoisotopic (exact) mass is 260 g/mol. The van der Waals surface area contributed by atoms with Gasteiger partial charge in [0.05, 0.1) is 5.69 Å². The van der Waals surface area contributed by atoms with Crippen LogP contribution in [0.3, 0.4) is 0 Å². The second-order valence-corrected chi connectivity index (χ2v) is 4.34. The maximum atomic E-state index is 13.4. The quantitative estimate of drug-likeness (QED) is 0.767. The molecular weight excluding hydrogens is 246 g/mol. The fraction of sp³-hybridized carbons (Fsp3) is 0.133. The van der Waals surface area contributed by atoms with Crippen molar-refractivity contribution in [2.24, 2.45) is 4.99 Å². The van der Waals surface area contributed by atoms with Crippen LogP contribution in [0.2, 0.25) is 0 Å². The molecule has 0 saturated carbocycles. The van der Waals surface area contributed by atoms with Crippen LogP contribution in [0.25, 0.3) is 0 Å². The van der Waals surface area contributed by atoms with Gasteiger partial charge in [0.2, 0.25) is 0 Å². The Morgan fingerprint density at radius 3 is 2.26 bits per heavy atom. The summed E-state index contributed by atoms with van der Waals surface area (Å²) in [4.78, 5) is 6.00. The number of halogens is 2. The SMILES string of the molecule is CN(C)c1ccc(C=Nc2ccc(F)cc2F)cc1. The van der Waals surface area contributed by atoms with Crippen molar-refractivity contribution < 1.29 is 8.78 Å². The Bertz CT molecular complexity index is 590. The summed E-state index contributed by atoms with van der Waals surface area (Å²) >= 11 is 0. The number of benzene rings is 2. The van der Waals surface area contributed by atoms with Gasteiger partial charge in [-0.2, -0.15) is 0 Å². The van der Waals surface area contributed by atoms with E-state index in [2.05, 4.69) is 4.99 Å². The molecule has 0 fully saturated rings. The van der Waals surface area contributed by atoms with Gasteiger partial charge in [0.1, 0.15) is 5.82 Å². The molecule has 0 aromatic heterocycles. The van der Waals surface area contributed by atoms with Crippen molar-refractivity contribution in [3.05, 3.63) is 59.7 Å². The molecule has 0 N–H and O–H groups in total. The Morgan fingerprint density at radius 2 is 1.68 bits per heavy atom. The highest BCUT2D eigenvalue weighted by atomic mass is 19.1. The van der Waals surface area contributed by atoms with Crippen molar-refractivity contribution in [1.82, 2.24) is 0 Å². The first-order valence-electron chi connectivity index (χ1n) is 5.83. The number of hydrogen-bond donors (Lipinski definition) is 0. The van der Waals surface area contributed by atoms with Gasteiger partial charge in [-0.05, 0) is 29.8 Å². The van der Waals surface area contributed by atoms with Gasteiger partial charge in [0, 0.05) is 32.1 Å². The van der Waals surface area contributed by atoms with Gasteiger partial charge in [0.25, 0.3) is 0 Å². The predicted molar refractivity (Wildman–Crippen MR) is 74.4 cm³/mol. The molecule has 0 radical (unpaired) electrons. The van der Waals surface area contributed by atoms with Crippen LogP contribution >= 0.6 is 0 Å². The molecule has 0 unspecified atom stereocenters. The lowest BCUT2D eigenvalue weighted by Crippen LogP contribution is -2.08. The number of nitrogens with zero attached hydrogens (tertiary/aromatic N) is 2. The first kappa shape index (κ1) is 13.2. The fourth-order valence-electron chi connectivity index (χ4n) is 1.59. The first-order valence-corrected chi connectivity index (χ1v) is 5.83. The zero-order valence-corrected chi connectivity index (χ0v) is 10.8. The van der Waals surface area contributed by atoms with Crippen LogP contribution in [0.5, 0.6) is 0 Å². The van der Waals surface area contributed by atoms with Crippen LogP contribution < -0.4 is 4.90 Å². The van der Waals surface area contributed by atoms with Gasteiger partial charge in [0.15, 0.2) is 5.82 Å². The summed E-state index contributed by atoms with van der Waals surface area (Å²) < 4.78 is 26.1. The van der Waals surface area contributed by atoms with Gasteiger partial charge < -0.3 is 4.90 Å². The van der Waals surface area contributed by atoms with Crippen molar-refractivity contribution in [3.8, 4) is 0 Å². The van der Waals surface area contributed by atoms with E-state index in [-0.39, 0.29) is 5.69 Å². The largest absolute Gasteiger partial charge is 0.378 e. The zero-order chi connectivity index (χ0) is 13.8. The van der Waals surface area contributed by atoms with E-state index in [9.17, 15) is 8.78 Å². The highest BCUT2D eigenvalue weighted by Crippen LogP contribution is 2.18. The lowest BCUT2D eigenvalue weighted by molar-refractivity contribution is 0.585. The van der Waals surface area contributed by atoms with Crippen LogP contribution in [0.1, 0.15) is 5.56 Å². The third-order valence-electron chi connectivity index (χ3n) is 2.67. The van der Waals surface area contributed by atoms with E-state index in [1.807, 2.05) is 43.3 Å². The molecule has 2 aromatic carbocycles. The van der Waals surface area contributed by atoms with Crippen molar-refractivity contribution in [2.45, 2.75) is 0 Å². The molecule has 0 aliphatic rings. The maximum Gasteiger partial charge on any atom is 0.151 e. The maximum absolute atomic E-state index is 13.4. The topological polar surface area (TPSA) is 15.6 Å². The molecule has 2 aromatic rings. The molecule has 0 aliphatic carbocycles. The van der Waals surface area contributed by atoms with Crippen LogP contribution in [0, 0.1) is 11.6 Å². The van der Waals surface area contributed by atoms with E-state index in [1.54, 1.807) is 6.21 Å². The third-order valence-corrected chi connectivity index (χ3v) is 2.67. The second-order valence-electron chi connectivity index (χ2n) is 4.34. The summed E-state index contributed by atoms with van der Waals surface area (Å²) in [6.45, 7) is 0. The minimum Gasteiger partial charge on any atom is -0.378 e. The molecule has 0 bridgehead atoms. The third kappa shape index (κ3) is 3.37. The molecule has 2 nitrogen and oxygen atoms in total. The zero-order valence-electron chi connectivity index (χ0n) is 10.8. The average Bonchev–Trinajstić information content (AvgIpc) is 2.38. The molecule has 0 amide bonds. The number of anilines is 1. The van der Waals surface area contributed by atoms with E-state index in [0.29, 0.717) is 0 Å². The molecule has 0 heterocycles. The predicted octanol–water partition coefficient (Wildman–Crippen LogP) is 3.78. The molecule has 98 valence electrons. The van der Waals surface area contributed by atoms with Crippen LogP contribution in [0.15, 0.2) is 47.5 Å². The van der Waals surface area contributed by atoms with E-state index in [1.165, 1.54) is 12.1 Å². The standard InChI is InChI=1S/C15H14F2N2/c1-19(2)13-6-3-11(4-7-13)10-18-15-8-5-12(16)9-14(15)17/h3-10H,1-2H3. The molecule has 2 rings (SSSR count). The molecule has 0 saturated heterocycles. The second kappa shape index (κ2) is 5.61. The van der Waals surface area contributed by atoms with Gasteiger partial charge in [-0.1, -0.05) is 12.1 Å². The first-order chi connectivity index (χ1) is 9.06. The van der Waals surface area contributed by atoms with Gasteiger partial charge in [-0.25, -0.2) is 8.78 Å². The summed E-state index contributed by atoms with van der Waals surface area (Å²) in [5.74, 6) is -1.27. The van der Waals surface area contributed by atoms with Crippen LogP contribution in [0.4, 0.5) is 20.2 Å². The number of hydrogen-bond acceptors (Lipinski definition) is 2. The minimum atomic E-state index is -0.666. The van der Waals surface area contributed by atoms with Crippen molar-refractivity contribution in [3.63, 3.8) is 0 Å². The summed E-state index contributed by atoms with van der Waals surface area (Å²) in [7, 11) is 3.91.